The topological polar surface area (TPSA) is 49.4 Å². The molecule has 0 saturated carbocycles. The Morgan fingerprint density at radius 3 is 2.65 bits per heavy atom. The third-order valence-electron chi connectivity index (χ3n) is 4.03. The molecular formula is C13H22N2O2. The molecule has 4 heteroatoms. The number of hydrogen-bond donors (Lipinski definition) is 1. The predicted molar refractivity (Wildman–Crippen MR) is 65.3 cm³/mol. The second-order valence-electron chi connectivity index (χ2n) is 6.05. The molecule has 0 bridgehead atoms. The number of imide groups is 1. The highest BCUT2D eigenvalue weighted by molar-refractivity contribution is 6.05. The molecule has 17 heavy (non-hydrogen) atoms. The summed E-state index contributed by atoms with van der Waals surface area (Å²) in [6.07, 6.45) is 2.72. The Morgan fingerprint density at radius 1 is 1.41 bits per heavy atom. The molecule has 2 atom stereocenters. The van der Waals surface area contributed by atoms with E-state index in [2.05, 4.69) is 12.2 Å². The summed E-state index contributed by atoms with van der Waals surface area (Å²) in [5.41, 5.74) is -0.505. The van der Waals surface area contributed by atoms with E-state index < -0.39 is 5.41 Å². The summed E-state index contributed by atoms with van der Waals surface area (Å²) >= 11 is 0. The van der Waals surface area contributed by atoms with Crippen molar-refractivity contribution in [2.45, 2.75) is 46.1 Å². The van der Waals surface area contributed by atoms with Crippen LogP contribution in [0.5, 0.6) is 0 Å². The van der Waals surface area contributed by atoms with Gasteiger partial charge in [-0.15, -0.1) is 0 Å². The number of amides is 2. The summed E-state index contributed by atoms with van der Waals surface area (Å²) in [7, 11) is 0. The van der Waals surface area contributed by atoms with Crippen molar-refractivity contribution in [1.29, 1.82) is 0 Å². The van der Waals surface area contributed by atoms with Gasteiger partial charge in [0.1, 0.15) is 0 Å². The van der Waals surface area contributed by atoms with Crippen molar-refractivity contribution < 1.29 is 9.59 Å². The lowest BCUT2D eigenvalue weighted by molar-refractivity contribution is -0.141. The summed E-state index contributed by atoms with van der Waals surface area (Å²) in [6, 6.07) is 0.269. The van der Waals surface area contributed by atoms with Crippen molar-refractivity contribution >= 4 is 11.8 Å². The van der Waals surface area contributed by atoms with Crippen LogP contribution in [0.4, 0.5) is 0 Å². The predicted octanol–water partition coefficient (Wildman–Crippen LogP) is 1.16. The Balaban J connectivity index is 2.03. The van der Waals surface area contributed by atoms with Gasteiger partial charge >= 0.3 is 0 Å². The quantitative estimate of drug-likeness (QED) is 0.734. The van der Waals surface area contributed by atoms with Crippen LogP contribution in [-0.2, 0) is 9.59 Å². The first-order valence-corrected chi connectivity index (χ1v) is 6.50. The highest BCUT2D eigenvalue weighted by Crippen LogP contribution is 2.32. The van der Waals surface area contributed by atoms with E-state index in [1.165, 1.54) is 17.7 Å². The highest BCUT2D eigenvalue weighted by Gasteiger charge is 2.45. The fourth-order valence-electron chi connectivity index (χ4n) is 2.77. The lowest BCUT2D eigenvalue weighted by atomic mass is 9.91. The van der Waals surface area contributed by atoms with Crippen molar-refractivity contribution in [2.24, 2.45) is 11.3 Å². The number of carbonyl (C=O) groups is 2. The van der Waals surface area contributed by atoms with Crippen LogP contribution < -0.4 is 5.32 Å². The lowest BCUT2D eigenvalue weighted by Crippen LogP contribution is -2.49. The highest BCUT2D eigenvalue weighted by atomic mass is 16.2. The van der Waals surface area contributed by atoms with E-state index in [-0.39, 0.29) is 17.9 Å². The first-order chi connectivity index (χ1) is 7.92. The summed E-state index contributed by atoms with van der Waals surface area (Å²) in [6.45, 7) is 7.43. The van der Waals surface area contributed by atoms with E-state index in [1.807, 2.05) is 13.8 Å². The average molecular weight is 238 g/mol. The molecule has 0 aromatic heterocycles. The van der Waals surface area contributed by atoms with Crippen LogP contribution >= 0.6 is 0 Å². The van der Waals surface area contributed by atoms with Crippen LogP contribution in [0.1, 0.15) is 40.0 Å². The van der Waals surface area contributed by atoms with Crippen molar-refractivity contribution in [3.8, 4) is 0 Å². The number of carbonyl (C=O) groups excluding carboxylic acids is 2. The third-order valence-corrected chi connectivity index (χ3v) is 4.03. The number of nitrogens with zero attached hydrogens (tertiary/aromatic N) is 1. The molecule has 0 radical (unpaired) electrons. The van der Waals surface area contributed by atoms with E-state index in [9.17, 15) is 9.59 Å². The summed E-state index contributed by atoms with van der Waals surface area (Å²) in [5, 5.41) is 3.42. The van der Waals surface area contributed by atoms with E-state index in [4.69, 9.17) is 0 Å². The van der Waals surface area contributed by atoms with Gasteiger partial charge in [-0.25, -0.2) is 0 Å². The molecule has 0 aliphatic carbocycles. The Bertz CT molecular complexity index is 338. The molecule has 0 spiro atoms. The van der Waals surface area contributed by atoms with Gasteiger partial charge in [0.15, 0.2) is 0 Å². The lowest BCUT2D eigenvalue weighted by Gasteiger charge is -2.32. The molecule has 2 amide bonds. The zero-order valence-electron chi connectivity index (χ0n) is 11.0. The van der Waals surface area contributed by atoms with Crippen molar-refractivity contribution in [3.63, 3.8) is 0 Å². The van der Waals surface area contributed by atoms with E-state index in [1.54, 1.807) is 0 Å². The van der Waals surface area contributed by atoms with Crippen molar-refractivity contribution in [1.82, 2.24) is 10.2 Å². The molecule has 0 aromatic rings. The Morgan fingerprint density at radius 2 is 2.12 bits per heavy atom. The maximum atomic E-state index is 12.1. The Labute approximate surface area is 103 Å². The molecule has 2 aliphatic heterocycles. The molecule has 1 N–H and O–H groups in total. The summed E-state index contributed by atoms with van der Waals surface area (Å²) in [5.74, 6) is 0.509. The molecule has 2 heterocycles. The number of rotatable bonds is 2. The fourth-order valence-corrected chi connectivity index (χ4v) is 2.77. The summed E-state index contributed by atoms with van der Waals surface area (Å²) in [4.78, 5) is 25.4. The normalized spacial score (nSPS) is 33.2. The maximum absolute atomic E-state index is 12.1. The van der Waals surface area contributed by atoms with E-state index >= 15 is 0 Å². The average Bonchev–Trinajstić information content (AvgIpc) is 2.43. The van der Waals surface area contributed by atoms with Crippen LogP contribution in [0.2, 0.25) is 0 Å². The SMILES string of the molecule is CC1CCCNC1CN1C(=O)CC(C)(C)C1=O. The molecular weight excluding hydrogens is 216 g/mol. The van der Waals surface area contributed by atoms with Gasteiger partial charge in [-0.2, -0.15) is 0 Å². The number of likely N-dealkylation sites (tertiary alicyclic amines) is 1. The minimum absolute atomic E-state index is 0.0120. The van der Waals surface area contributed by atoms with Crippen LogP contribution in [0.3, 0.4) is 0 Å². The number of nitrogens with one attached hydrogen (secondary N) is 1. The van der Waals surface area contributed by atoms with Crippen LogP contribution in [0.25, 0.3) is 0 Å². The molecule has 2 unspecified atom stereocenters. The molecule has 2 aliphatic rings. The smallest absolute Gasteiger partial charge is 0.235 e. The Hall–Kier alpha value is -0.900. The number of hydrogen-bond acceptors (Lipinski definition) is 3. The first kappa shape index (κ1) is 12.6. The monoisotopic (exact) mass is 238 g/mol. The van der Waals surface area contributed by atoms with E-state index in [0.29, 0.717) is 18.9 Å². The van der Waals surface area contributed by atoms with Gasteiger partial charge in [-0.3, -0.25) is 14.5 Å². The van der Waals surface area contributed by atoms with Gasteiger partial charge < -0.3 is 5.32 Å². The third kappa shape index (κ3) is 2.37. The molecule has 2 rings (SSSR count). The molecule has 2 fully saturated rings. The molecule has 4 nitrogen and oxygen atoms in total. The van der Waals surface area contributed by atoms with Crippen molar-refractivity contribution in [3.05, 3.63) is 0 Å². The van der Waals surface area contributed by atoms with Crippen LogP contribution in [0.15, 0.2) is 0 Å². The minimum Gasteiger partial charge on any atom is -0.312 e. The van der Waals surface area contributed by atoms with Crippen LogP contribution in [0, 0.1) is 11.3 Å². The van der Waals surface area contributed by atoms with E-state index in [0.717, 1.165) is 6.54 Å². The zero-order valence-corrected chi connectivity index (χ0v) is 11.0. The van der Waals surface area contributed by atoms with Gasteiger partial charge in [-0.05, 0) is 25.3 Å². The molecule has 2 saturated heterocycles. The number of piperidine rings is 1. The Kier molecular flexibility index (Phi) is 3.25. The van der Waals surface area contributed by atoms with Crippen molar-refractivity contribution in [2.75, 3.05) is 13.1 Å². The standard InChI is InChI=1S/C13H22N2O2/c1-9-5-4-6-14-10(9)8-15-11(16)7-13(2,3)12(15)17/h9-10,14H,4-8H2,1-3H3. The second kappa shape index (κ2) is 4.41. The largest absolute Gasteiger partial charge is 0.312 e. The minimum atomic E-state index is -0.505. The first-order valence-electron chi connectivity index (χ1n) is 6.50. The summed E-state index contributed by atoms with van der Waals surface area (Å²) < 4.78 is 0. The second-order valence-corrected chi connectivity index (χ2v) is 6.05. The van der Waals surface area contributed by atoms with Gasteiger partial charge in [0.2, 0.25) is 11.8 Å². The van der Waals surface area contributed by atoms with Gasteiger partial charge in [0.05, 0.1) is 5.41 Å². The van der Waals surface area contributed by atoms with Crippen LogP contribution in [-0.4, -0.2) is 35.8 Å². The van der Waals surface area contributed by atoms with Gasteiger partial charge in [0, 0.05) is 19.0 Å². The van der Waals surface area contributed by atoms with Gasteiger partial charge in [0.25, 0.3) is 0 Å². The fraction of sp³-hybridized carbons (Fsp3) is 0.846. The maximum Gasteiger partial charge on any atom is 0.235 e. The zero-order chi connectivity index (χ0) is 12.6. The van der Waals surface area contributed by atoms with Gasteiger partial charge in [-0.1, -0.05) is 20.8 Å². The molecule has 0 aromatic carbocycles. The molecule has 96 valence electrons.